The van der Waals surface area contributed by atoms with Gasteiger partial charge in [0, 0.05) is 32.0 Å². The highest BCUT2D eigenvalue weighted by atomic mass is 32.2. The fourth-order valence-corrected chi connectivity index (χ4v) is 3.55. The van der Waals surface area contributed by atoms with Crippen LogP contribution in [0.1, 0.15) is 12.8 Å². The van der Waals surface area contributed by atoms with Crippen LogP contribution in [0.15, 0.2) is 23.4 Å². The number of hydrogen-bond acceptors (Lipinski definition) is 5. The summed E-state index contributed by atoms with van der Waals surface area (Å²) >= 11 is 0. The molecule has 1 aliphatic heterocycles. The molecule has 1 atom stereocenters. The Bertz CT molecular complexity index is 532. The van der Waals surface area contributed by atoms with Crippen LogP contribution in [-0.4, -0.2) is 51.5 Å². The summed E-state index contributed by atoms with van der Waals surface area (Å²) in [4.78, 5) is 6.26. The fraction of sp³-hybridized carbons (Fsp3) is 0.583. The van der Waals surface area contributed by atoms with Crippen molar-refractivity contribution in [3.8, 4) is 0 Å². The lowest BCUT2D eigenvalue weighted by Crippen LogP contribution is -2.38. The summed E-state index contributed by atoms with van der Waals surface area (Å²) in [6, 6.07) is 1.93. The number of rotatable bonds is 5. The zero-order valence-electron chi connectivity index (χ0n) is 11.3. The zero-order chi connectivity index (χ0) is 13.9. The average Bonchev–Trinajstić information content (AvgIpc) is 2.82. The van der Waals surface area contributed by atoms with Crippen LogP contribution in [0, 0.1) is 0 Å². The van der Waals surface area contributed by atoms with Gasteiger partial charge < -0.3 is 10.2 Å². The second-order valence-electron chi connectivity index (χ2n) is 4.75. The Hall–Kier alpha value is -1.18. The molecule has 2 rings (SSSR count). The summed E-state index contributed by atoms with van der Waals surface area (Å²) in [6.07, 6.45) is 5.09. The molecule has 0 aromatic carbocycles. The first-order chi connectivity index (χ1) is 9.04. The third-order valence-electron chi connectivity index (χ3n) is 3.52. The van der Waals surface area contributed by atoms with E-state index in [-0.39, 0.29) is 10.9 Å². The maximum atomic E-state index is 12.3. The SMILES string of the molecule is CNc1ccncc1S(=O)(=O)NCC1CCCN1C. The molecule has 0 spiro atoms. The molecule has 0 radical (unpaired) electrons. The summed E-state index contributed by atoms with van der Waals surface area (Å²) in [7, 11) is 0.201. The van der Waals surface area contributed by atoms with Gasteiger partial charge in [0.05, 0.1) is 5.69 Å². The van der Waals surface area contributed by atoms with E-state index in [0.29, 0.717) is 12.2 Å². The van der Waals surface area contributed by atoms with Gasteiger partial charge in [-0.15, -0.1) is 0 Å². The molecule has 7 heteroatoms. The normalized spacial score (nSPS) is 20.6. The second kappa shape index (κ2) is 5.85. The van der Waals surface area contributed by atoms with Gasteiger partial charge in [0.15, 0.2) is 0 Å². The first-order valence-electron chi connectivity index (χ1n) is 6.36. The minimum absolute atomic E-state index is 0.193. The fourth-order valence-electron chi connectivity index (χ4n) is 2.32. The molecule has 1 fully saturated rings. The number of hydrogen-bond donors (Lipinski definition) is 2. The summed E-state index contributed by atoms with van der Waals surface area (Å²) in [5, 5.41) is 2.87. The van der Waals surface area contributed by atoms with Gasteiger partial charge in [-0.05, 0) is 32.5 Å². The first-order valence-corrected chi connectivity index (χ1v) is 7.84. The molecule has 0 amide bonds. The molecule has 2 N–H and O–H groups in total. The van der Waals surface area contributed by atoms with Crippen LogP contribution in [0.5, 0.6) is 0 Å². The lowest BCUT2D eigenvalue weighted by molar-refractivity contribution is 0.311. The molecule has 1 aliphatic rings. The van der Waals surface area contributed by atoms with Crippen molar-refractivity contribution in [2.24, 2.45) is 0 Å². The van der Waals surface area contributed by atoms with Crippen molar-refractivity contribution in [3.05, 3.63) is 18.5 Å². The molecular formula is C12H20N4O2S. The highest BCUT2D eigenvalue weighted by Gasteiger charge is 2.24. The Morgan fingerprint density at radius 2 is 2.32 bits per heavy atom. The van der Waals surface area contributed by atoms with Gasteiger partial charge in [0.1, 0.15) is 4.90 Å². The Labute approximate surface area is 114 Å². The topological polar surface area (TPSA) is 74.3 Å². The number of aromatic nitrogens is 1. The van der Waals surface area contributed by atoms with E-state index in [1.807, 2.05) is 7.05 Å². The highest BCUT2D eigenvalue weighted by molar-refractivity contribution is 7.89. The molecule has 1 saturated heterocycles. The molecular weight excluding hydrogens is 264 g/mol. The number of likely N-dealkylation sites (tertiary alicyclic amines) is 1. The van der Waals surface area contributed by atoms with Gasteiger partial charge in [-0.1, -0.05) is 0 Å². The van der Waals surface area contributed by atoms with Gasteiger partial charge in [-0.3, -0.25) is 4.98 Å². The summed E-state index contributed by atoms with van der Waals surface area (Å²) < 4.78 is 27.2. The Balaban J connectivity index is 2.09. The third kappa shape index (κ3) is 3.23. The van der Waals surface area contributed by atoms with Crippen molar-refractivity contribution < 1.29 is 8.42 Å². The number of likely N-dealkylation sites (N-methyl/N-ethyl adjacent to an activating group) is 1. The van der Waals surface area contributed by atoms with Crippen molar-refractivity contribution in [2.45, 2.75) is 23.8 Å². The monoisotopic (exact) mass is 284 g/mol. The smallest absolute Gasteiger partial charge is 0.244 e. The molecule has 106 valence electrons. The Morgan fingerprint density at radius 3 is 2.95 bits per heavy atom. The van der Waals surface area contributed by atoms with Crippen molar-refractivity contribution >= 4 is 15.7 Å². The van der Waals surface area contributed by atoms with Gasteiger partial charge in [-0.2, -0.15) is 0 Å². The van der Waals surface area contributed by atoms with E-state index in [1.54, 1.807) is 19.3 Å². The number of nitrogens with zero attached hydrogens (tertiary/aromatic N) is 2. The van der Waals surface area contributed by atoms with Crippen LogP contribution < -0.4 is 10.0 Å². The zero-order valence-corrected chi connectivity index (χ0v) is 12.1. The molecule has 1 unspecified atom stereocenters. The number of pyridine rings is 1. The first kappa shape index (κ1) is 14.2. The van der Waals surface area contributed by atoms with E-state index in [0.717, 1.165) is 19.4 Å². The predicted octanol–water partition coefficient (Wildman–Crippen LogP) is 0.496. The molecule has 1 aromatic rings. The van der Waals surface area contributed by atoms with Gasteiger partial charge in [-0.25, -0.2) is 13.1 Å². The predicted molar refractivity (Wildman–Crippen MR) is 74.6 cm³/mol. The lowest BCUT2D eigenvalue weighted by atomic mass is 10.2. The van der Waals surface area contributed by atoms with E-state index >= 15 is 0 Å². The quantitative estimate of drug-likeness (QED) is 0.823. The molecule has 0 aliphatic carbocycles. The summed E-state index contributed by atoms with van der Waals surface area (Å²) in [5.74, 6) is 0. The van der Waals surface area contributed by atoms with Crippen LogP contribution in [0.3, 0.4) is 0 Å². The van der Waals surface area contributed by atoms with Gasteiger partial charge in [0.2, 0.25) is 10.0 Å². The number of sulfonamides is 1. The van der Waals surface area contributed by atoms with Crippen LogP contribution in [-0.2, 0) is 10.0 Å². The summed E-state index contributed by atoms with van der Waals surface area (Å²) in [5.41, 5.74) is 0.558. The molecule has 0 saturated carbocycles. The van der Waals surface area contributed by atoms with Crippen molar-refractivity contribution in [3.63, 3.8) is 0 Å². The average molecular weight is 284 g/mol. The van der Waals surface area contributed by atoms with E-state index in [1.165, 1.54) is 6.20 Å². The van der Waals surface area contributed by atoms with E-state index in [2.05, 4.69) is 19.9 Å². The van der Waals surface area contributed by atoms with E-state index < -0.39 is 10.0 Å². The minimum Gasteiger partial charge on any atom is -0.387 e. The van der Waals surface area contributed by atoms with Crippen LogP contribution in [0.25, 0.3) is 0 Å². The molecule has 2 heterocycles. The van der Waals surface area contributed by atoms with Crippen LogP contribution in [0.2, 0.25) is 0 Å². The van der Waals surface area contributed by atoms with Crippen molar-refractivity contribution in [1.29, 1.82) is 0 Å². The standard InChI is InChI=1S/C12H20N4O2S/c1-13-11-5-6-14-9-12(11)19(17,18)15-8-10-4-3-7-16(10)2/h5-6,9-10,15H,3-4,7-8H2,1-2H3,(H,13,14). The molecule has 19 heavy (non-hydrogen) atoms. The Morgan fingerprint density at radius 1 is 1.53 bits per heavy atom. The van der Waals surface area contributed by atoms with Crippen LogP contribution in [0.4, 0.5) is 5.69 Å². The third-order valence-corrected chi connectivity index (χ3v) is 4.97. The second-order valence-corrected chi connectivity index (χ2v) is 6.49. The van der Waals surface area contributed by atoms with E-state index in [4.69, 9.17) is 0 Å². The van der Waals surface area contributed by atoms with E-state index in [9.17, 15) is 8.42 Å². The van der Waals surface area contributed by atoms with Gasteiger partial charge >= 0.3 is 0 Å². The maximum Gasteiger partial charge on any atom is 0.244 e. The minimum atomic E-state index is -3.52. The molecule has 1 aromatic heterocycles. The van der Waals surface area contributed by atoms with Crippen molar-refractivity contribution in [1.82, 2.24) is 14.6 Å². The van der Waals surface area contributed by atoms with Gasteiger partial charge in [0.25, 0.3) is 0 Å². The van der Waals surface area contributed by atoms with Crippen molar-refractivity contribution in [2.75, 3.05) is 32.5 Å². The highest BCUT2D eigenvalue weighted by Crippen LogP contribution is 2.19. The summed E-state index contributed by atoms with van der Waals surface area (Å²) in [6.45, 7) is 1.47. The largest absolute Gasteiger partial charge is 0.387 e. The lowest BCUT2D eigenvalue weighted by Gasteiger charge is -2.20. The Kier molecular flexibility index (Phi) is 4.38. The number of nitrogens with one attached hydrogen (secondary N) is 2. The number of anilines is 1. The molecule has 0 bridgehead atoms. The molecule has 6 nitrogen and oxygen atoms in total. The maximum absolute atomic E-state index is 12.3. The van der Waals surface area contributed by atoms with Crippen LogP contribution >= 0.6 is 0 Å².